The second kappa shape index (κ2) is 6.57. The Morgan fingerprint density at radius 2 is 1.52 bits per heavy atom. The summed E-state index contributed by atoms with van der Waals surface area (Å²) >= 11 is 0. The van der Waals surface area contributed by atoms with E-state index >= 15 is 0 Å². The van der Waals surface area contributed by atoms with E-state index in [1.807, 2.05) is 43.0 Å². The number of carbonyl (C=O) groups is 1. The first-order valence-electron chi connectivity index (χ1n) is 7.55. The molecule has 0 saturated heterocycles. The predicted octanol–water partition coefficient (Wildman–Crippen LogP) is 4.45. The molecule has 0 N–H and O–H groups in total. The first-order chi connectivity index (χ1) is 10.1. The standard InChI is InChI=1S/C19H23NO/c1-5-20(6-2)19(21)18-12-8-7-11-17(18)16-13-9-10-14(3)15(16)4/h7-13H,5-6H2,1-4H3. The van der Waals surface area contributed by atoms with Gasteiger partial charge in [-0.25, -0.2) is 0 Å². The minimum Gasteiger partial charge on any atom is -0.339 e. The molecule has 0 aliphatic heterocycles. The van der Waals surface area contributed by atoms with Crippen molar-refractivity contribution >= 4 is 5.91 Å². The number of carbonyl (C=O) groups excluding carboxylic acids is 1. The summed E-state index contributed by atoms with van der Waals surface area (Å²) in [6, 6.07) is 14.2. The topological polar surface area (TPSA) is 20.3 Å². The Kier molecular flexibility index (Phi) is 4.79. The summed E-state index contributed by atoms with van der Waals surface area (Å²) in [7, 11) is 0. The molecule has 0 atom stereocenters. The van der Waals surface area contributed by atoms with Crippen LogP contribution in [-0.4, -0.2) is 23.9 Å². The molecule has 0 saturated carbocycles. The zero-order valence-electron chi connectivity index (χ0n) is 13.3. The van der Waals surface area contributed by atoms with Crippen LogP contribution in [0, 0.1) is 13.8 Å². The second-order valence-corrected chi connectivity index (χ2v) is 5.27. The van der Waals surface area contributed by atoms with Crippen LogP contribution >= 0.6 is 0 Å². The van der Waals surface area contributed by atoms with Crippen molar-refractivity contribution in [1.82, 2.24) is 4.90 Å². The maximum absolute atomic E-state index is 12.7. The third-order valence-electron chi connectivity index (χ3n) is 4.10. The van der Waals surface area contributed by atoms with Gasteiger partial charge in [0.1, 0.15) is 0 Å². The summed E-state index contributed by atoms with van der Waals surface area (Å²) in [6.07, 6.45) is 0. The van der Waals surface area contributed by atoms with Gasteiger partial charge in [0.25, 0.3) is 5.91 Å². The summed E-state index contributed by atoms with van der Waals surface area (Å²) in [5.41, 5.74) is 5.44. The molecule has 0 aromatic heterocycles. The number of amides is 1. The molecule has 110 valence electrons. The van der Waals surface area contributed by atoms with E-state index in [0.717, 1.165) is 29.8 Å². The van der Waals surface area contributed by atoms with Crippen LogP contribution in [0.25, 0.3) is 11.1 Å². The van der Waals surface area contributed by atoms with Crippen molar-refractivity contribution < 1.29 is 4.79 Å². The van der Waals surface area contributed by atoms with E-state index in [1.165, 1.54) is 11.1 Å². The molecule has 2 heteroatoms. The van der Waals surface area contributed by atoms with Gasteiger partial charge in [0.05, 0.1) is 0 Å². The van der Waals surface area contributed by atoms with Crippen LogP contribution in [0.4, 0.5) is 0 Å². The molecule has 0 bridgehead atoms. The molecule has 0 aliphatic rings. The highest BCUT2D eigenvalue weighted by Gasteiger charge is 2.17. The van der Waals surface area contributed by atoms with Gasteiger partial charge in [-0.05, 0) is 56.0 Å². The van der Waals surface area contributed by atoms with E-state index in [-0.39, 0.29) is 5.91 Å². The van der Waals surface area contributed by atoms with Crippen LogP contribution in [-0.2, 0) is 0 Å². The third kappa shape index (κ3) is 2.99. The first-order valence-corrected chi connectivity index (χ1v) is 7.55. The molecule has 2 aromatic carbocycles. The molecule has 2 nitrogen and oxygen atoms in total. The van der Waals surface area contributed by atoms with Gasteiger partial charge in [0.2, 0.25) is 0 Å². The molecule has 0 unspecified atom stereocenters. The molecule has 0 aliphatic carbocycles. The largest absolute Gasteiger partial charge is 0.339 e. The van der Waals surface area contributed by atoms with Gasteiger partial charge in [0.15, 0.2) is 0 Å². The van der Waals surface area contributed by atoms with Crippen molar-refractivity contribution in [3.63, 3.8) is 0 Å². The molecule has 2 rings (SSSR count). The Morgan fingerprint density at radius 3 is 2.19 bits per heavy atom. The van der Waals surface area contributed by atoms with Crippen LogP contribution in [0.2, 0.25) is 0 Å². The number of nitrogens with zero attached hydrogens (tertiary/aromatic N) is 1. The minimum absolute atomic E-state index is 0.108. The monoisotopic (exact) mass is 281 g/mol. The lowest BCUT2D eigenvalue weighted by Gasteiger charge is -2.21. The summed E-state index contributed by atoms with van der Waals surface area (Å²) in [5, 5.41) is 0. The van der Waals surface area contributed by atoms with Crippen molar-refractivity contribution in [3.8, 4) is 11.1 Å². The van der Waals surface area contributed by atoms with Crippen LogP contribution in [0.5, 0.6) is 0 Å². The van der Waals surface area contributed by atoms with Crippen molar-refractivity contribution in [2.45, 2.75) is 27.7 Å². The van der Waals surface area contributed by atoms with Crippen molar-refractivity contribution in [2.24, 2.45) is 0 Å². The van der Waals surface area contributed by atoms with Gasteiger partial charge in [0, 0.05) is 18.7 Å². The molecule has 0 fully saturated rings. The molecule has 0 radical (unpaired) electrons. The summed E-state index contributed by atoms with van der Waals surface area (Å²) in [4.78, 5) is 14.6. The van der Waals surface area contributed by atoms with E-state index in [0.29, 0.717) is 0 Å². The fraction of sp³-hybridized carbons (Fsp3) is 0.316. The van der Waals surface area contributed by atoms with Gasteiger partial charge >= 0.3 is 0 Å². The maximum atomic E-state index is 12.7. The third-order valence-corrected chi connectivity index (χ3v) is 4.10. The smallest absolute Gasteiger partial charge is 0.254 e. The molecular formula is C19H23NO. The fourth-order valence-electron chi connectivity index (χ4n) is 2.63. The number of rotatable bonds is 4. The highest BCUT2D eigenvalue weighted by Crippen LogP contribution is 2.29. The zero-order valence-corrected chi connectivity index (χ0v) is 13.3. The van der Waals surface area contributed by atoms with Gasteiger partial charge in [-0.2, -0.15) is 0 Å². The van der Waals surface area contributed by atoms with E-state index in [9.17, 15) is 4.79 Å². The van der Waals surface area contributed by atoms with Crippen LogP contribution < -0.4 is 0 Å². The SMILES string of the molecule is CCN(CC)C(=O)c1ccccc1-c1cccc(C)c1C. The molecule has 2 aromatic rings. The maximum Gasteiger partial charge on any atom is 0.254 e. The van der Waals surface area contributed by atoms with E-state index < -0.39 is 0 Å². The Labute approximate surface area is 127 Å². The van der Waals surface area contributed by atoms with Crippen LogP contribution in [0.3, 0.4) is 0 Å². The van der Waals surface area contributed by atoms with Crippen LogP contribution in [0.15, 0.2) is 42.5 Å². The predicted molar refractivity (Wildman–Crippen MR) is 88.6 cm³/mol. The van der Waals surface area contributed by atoms with E-state index in [4.69, 9.17) is 0 Å². The summed E-state index contributed by atoms with van der Waals surface area (Å²) in [6.45, 7) is 9.72. The lowest BCUT2D eigenvalue weighted by molar-refractivity contribution is 0.0774. The molecule has 1 amide bonds. The quantitative estimate of drug-likeness (QED) is 0.810. The summed E-state index contributed by atoms with van der Waals surface area (Å²) < 4.78 is 0. The lowest BCUT2D eigenvalue weighted by atomic mass is 9.93. The molecule has 0 heterocycles. The molecule has 0 spiro atoms. The number of benzene rings is 2. The normalized spacial score (nSPS) is 10.5. The Bertz CT molecular complexity index is 642. The van der Waals surface area contributed by atoms with Crippen molar-refractivity contribution in [3.05, 3.63) is 59.2 Å². The Morgan fingerprint density at radius 1 is 0.905 bits per heavy atom. The number of aryl methyl sites for hydroxylation is 1. The fourth-order valence-corrected chi connectivity index (χ4v) is 2.63. The Balaban J connectivity index is 2.56. The van der Waals surface area contributed by atoms with E-state index in [1.54, 1.807) is 0 Å². The highest BCUT2D eigenvalue weighted by atomic mass is 16.2. The van der Waals surface area contributed by atoms with Crippen molar-refractivity contribution in [2.75, 3.05) is 13.1 Å². The molecule has 21 heavy (non-hydrogen) atoms. The van der Waals surface area contributed by atoms with Crippen LogP contribution in [0.1, 0.15) is 35.3 Å². The van der Waals surface area contributed by atoms with Crippen molar-refractivity contribution in [1.29, 1.82) is 0 Å². The van der Waals surface area contributed by atoms with Gasteiger partial charge < -0.3 is 4.90 Å². The lowest BCUT2D eigenvalue weighted by Crippen LogP contribution is -2.30. The average molecular weight is 281 g/mol. The van der Waals surface area contributed by atoms with Gasteiger partial charge in [-0.15, -0.1) is 0 Å². The second-order valence-electron chi connectivity index (χ2n) is 5.27. The molecular weight excluding hydrogens is 258 g/mol. The number of hydrogen-bond acceptors (Lipinski definition) is 1. The average Bonchev–Trinajstić information content (AvgIpc) is 2.51. The summed E-state index contributed by atoms with van der Waals surface area (Å²) in [5.74, 6) is 0.108. The van der Waals surface area contributed by atoms with E-state index in [2.05, 4.69) is 32.0 Å². The zero-order chi connectivity index (χ0) is 15.4. The van der Waals surface area contributed by atoms with Gasteiger partial charge in [-0.3, -0.25) is 4.79 Å². The minimum atomic E-state index is 0.108. The Hall–Kier alpha value is -2.09. The first kappa shape index (κ1) is 15.3. The highest BCUT2D eigenvalue weighted by molar-refractivity contribution is 6.01. The van der Waals surface area contributed by atoms with Gasteiger partial charge in [-0.1, -0.05) is 36.4 Å². The number of hydrogen-bond donors (Lipinski definition) is 0.